The first-order valence-corrected chi connectivity index (χ1v) is 31.0. The van der Waals surface area contributed by atoms with Crippen LogP contribution in [0.4, 0.5) is 0 Å². The first kappa shape index (κ1) is 52.0. The summed E-state index contributed by atoms with van der Waals surface area (Å²) in [6.07, 6.45) is 5.87. The molecule has 0 N–H and O–H groups in total. The molecular formula is C75H54N4OPtSi-2. The number of pyridine rings is 1. The van der Waals surface area contributed by atoms with Crippen molar-refractivity contribution in [1.82, 2.24) is 14.1 Å². The van der Waals surface area contributed by atoms with Crippen molar-refractivity contribution in [3.05, 3.63) is 292 Å². The van der Waals surface area contributed by atoms with Gasteiger partial charge in [0.2, 0.25) is 0 Å². The minimum Gasteiger partial charge on any atom is -0.510 e. The second-order valence-corrected chi connectivity index (χ2v) is 26.7. The van der Waals surface area contributed by atoms with E-state index in [1.165, 1.54) is 5.19 Å². The molecule has 0 bridgehead atoms. The van der Waals surface area contributed by atoms with Gasteiger partial charge in [0, 0.05) is 44.3 Å². The van der Waals surface area contributed by atoms with Crippen molar-refractivity contribution in [2.75, 3.05) is 0 Å². The van der Waals surface area contributed by atoms with Gasteiger partial charge in [0.15, 0.2) is 0 Å². The zero-order valence-electron chi connectivity index (χ0n) is 45.5. The maximum Gasteiger partial charge on any atom is 0.268 e. The van der Waals surface area contributed by atoms with Crippen LogP contribution in [-0.4, -0.2) is 22.2 Å². The van der Waals surface area contributed by atoms with Gasteiger partial charge in [-0.2, -0.15) is 18.2 Å². The number of fused-ring (bicyclic) bond motifs is 4. The van der Waals surface area contributed by atoms with Crippen LogP contribution in [0.3, 0.4) is 0 Å². The molecular weight excluding hydrogens is 1200 g/mol. The molecule has 82 heavy (non-hydrogen) atoms. The van der Waals surface area contributed by atoms with Crippen LogP contribution in [0.25, 0.3) is 117 Å². The third-order valence-corrected chi connectivity index (χ3v) is 17.4. The predicted molar refractivity (Wildman–Crippen MR) is 336 cm³/mol. The van der Waals surface area contributed by atoms with E-state index >= 15 is 0 Å². The van der Waals surface area contributed by atoms with E-state index in [1.807, 2.05) is 24.4 Å². The molecule has 14 rings (SSSR count). The molecule has 0 radical (unpaired) electrons. The Morgan fingerprint density at radius 2 is 0.902 bits per heavy atom. The molecule has 0 fully saturated rings. The summed E-state index contributed by atoms with van der Waals surface area (Å²) in [5, 5.41) is 3.56. The number of nitrogens with zero attached hydrogens (tertiary/aromatic N) is 4. The molecule has 0 aliphatic rings. The number of rotatable bonds is 12. The zero-order valence-corrected chi connectivity index (χ0v) is 48.8. The van der Waals surface area contributed by atoms with Crippen molar-refractivity contribution in [2.45, 2.75) is 19.6 Å². The molecule has 11 aromatic carbocycles. The molecule has 0 amide bonds. The third kappa shape index (κ3) is 9.91. The van der Waals surface area contributed by atoms with Crippen LogP contribution in [0, 0.1) is 18.5 Å². The van der Waals surface area contributed by atoms with Crippen molar-refractivity contribution >= 4 is 46.1 Å². The largest absolute Gasteiger partial charge is 0.510 e. The average Bonchev–Trinajstić information content (AvgIpc) is 3.03. The second-order valence-electron chi connectivity index (χ2n) is 21.6. The van der Waals surface area contributed by atoms with Crippen LogP contribution in [0.15, 0.2) is 273 Å². The summed E-state index contributed by atoms with van der Waals surface area (Å²) in [4.78, 5) is 4.92. The molecule has 0 atom stereocenters. The summed E-state index contributed by atoms with van der Waals surface area (Å²) in [6.45, 7) is 7.10. The minimum atomic E-state index is -1.63. The predicted octanol–water partition coefficient (Wildman–Crippen LogP) is 18.1. The Morgan fingerprint density at radius 3 is 1.46 bits per heavy atom. The van der Waals surface area contributed by atoms with Gasteiger partial charge in [-0.05, 0) is 132 Å². The Labute approximate surface area is 494 Å². The van der Waals surface area contributed by atoms with Crippen LogP contribution >= 0.6 is 0 Å². The Kier molecular flexibility index (Phi) is 13.9. The van der Waals surface area contributed by atoms with E-state index in [0.29, 0.717) is 11.5 Å². The van der Waals surface area contributed by atoms with Crippen molar-refractivity contribution < 1.29 is 30.4 Å². The monoisotopic (exact) mass is 1250 g/mol. The molecule has 396 valence electrons. The van der Waals surface area contributed by atoms with E-state index in [9.17, 15) is 0 Å². The summed E-state index contributed by atoms with van der Waals surface area (Å²) >= 11 is 0. The number of hydrogen-bond acceptors (Lipinski definition) is 2. The van der Waals surface area contributed by atoms with E-state index < -0.39 is 8.07 Å². The van der Waals surface area contributed by atoms with E-state index in [2.05, 4.69) is 301 Å². The molecule has 3 heterocycles. The van der Waals surface area contributed by atoms with E-state index in [4.69, 9.17) is 9.72 Å². The minimum absolute atomic E-state index is 0. The average molecular weight is 1250 g/mol. The van der Waals surface area contributed by atoms with Gasteiger partial charge in [-0.15, -0.1) is 29.7 Å². The fraction of sp³-hybridized carbons (Fsp3) is 0.0400. The van der Waals surface area contributed by atoms with Crippen molar-refractivity contribution in [2.24, 2.45) is 0 Å². The van der Waals surface area contributed by atoms with Gasteiger partial charge >= 0.3 is 0 Å². The number of aromatic nitrogens is 4. The molecule has 0 aliphatic carbocycles. The number of para-hydroxylation sites is 4. The molecule has 14 aromatic rings. The fourth-order valence-electron chi connectivity index (χ4n) is 11.3. The van der Waals surface area contributed by atoms with Gasteiger partial charge in [0.1, 0.15) is 5.82 Å². The molecule has 0 spiro atoms. The summed E-state index contributed by atoms with van der Waals surface area (Å²) in [7, 11) is -1.63. The van der Waals surface area contributed by atoms with Crippen molar-refractivity contribution in [3.63, 3.8) is 0 Å². The Balaban J connectivity index is 0.00000631. The SMILES string of the molecule is C[Si](C)(C)c1ccnc(-n2c3[c-]c(Oc4[c-]c(-n5[c-][n+](-c6c(-c7cc(-c8ccccc8)cc(-c8ccccc8)c7)cccc6-c6cc(-c7ccccc7)cc(-c7ccccc7)c6)c6ccccc65)ccc4)ccc3c3ccccc32)c1.[Pt]. The molecule has 0 saturated heterocycles. The van der Waals surface area contributed by atoms with Gasteiger partial charge in [0.05, 0.1) is 24.8 Å². The number of imidazole rings is 1. The van der Waals surface area contributed by atoms with Crippen LogP contribution in [0.1, 0.15) is 0 Å². The van der Waals surface area contributed by atoms with Gasteiger partial charge in [-0.3, -0.25) is 4.57 Å². The number of hydrogen-bond donors (Lipinski definition) is 0. The first-order chi connectivity index (χ1) is 39.8. The topological polar surface area (TPSA) is 35.9 Å². The normalized spacial score (nSPS) is 11.5. The maximum atomic E-state index is 6.79. The molecule has 0 saturated carbocycles. The molecule has 5 nitrogen and oxygen atoms in total. The van der Waals surface area contributed by atoms with Crippen molar-refractivity contribution in [1.29, 1.82) is 0 Å². The van der Waals surface area contributed by atoms with Crippen LogP contribution < -0.4 is 14.5 Å². The van der Waals surface area contributed by atoms with Crippen molar-refractivity contribution in [3.8, 4) is 95.5 Å². The molecule has 0 unspecified atom stereocenters. The van der Waals surface area contributed by atoms with Gasteiger partial charge in [0.25, 0.3) is 6.33 Å². The van der Waals surface area contributed by atoms with E-state index in [-0.39, 0.29) is 21.1 Å². The third-order valence-electron chi connectivity index (χ3n) is 15.4. The summed E-state index contributed by atoms with van der Waals surface area (Å²) in [5.74, 6) is 2.01. The fourth-order valence-corrected chi connectivity index (χ4v) is 12.5. The summed E-state index contributed by atoms with van der Waals surface area (Å²) in [6, 6.07) is 102. The number of ether oxygens (including phenoxy) is 1. The van der Waals surface area contributed by atoms with Gasteiger partial charge in [-0.1, -0.05) is 212 Å². The summed E-state index contributed by atoms with van der Waals surface area (Å²) < 4.78 is 13.4. The molecule has 7 heteroatoms. The van der Waals surface area contributed by atoms with Gasteiger partial charge in [-0.25, -0.2) is 4.98 Å². The van der Waals surface area contributed by atoms with Crippen LogP contribution in [0.2, 0.25) is 19.6 Å². The maximum absolute atomic E-state index is 6.79. The standard InChI is InChI=1S/C75H54N4OSi.Pt/c1-81(2,3)65-40-41-76-74(50-65)79-70-35-17-16-32-68(70)69-39-38-64(49-73(69)79)80-63-31-20-30-62(48-63)77-51-78(72-37-19-18-36-71(72)77)75-66(60-44-56(52-22-8-4-9-23-52)42-57(45-60)53-24-10-5-11-25-53)33-21-34-67(75)61-46-58(54-26-12-6-13-27-54)43-59(47-61)55-28-14-7-15-29-55;/h4-47,50H,1-3H3;/q-2;. The van der Waals surface area contributed by atoms with Crippen LogP contribution in [0.5, 0.6) is 11.5 Å². The van der Waals surface area contributed by atoms with Gasteiger partial charge < -0.3 is 13.9 Å². The molecule has 0 aliphatic heterocycles. The second kappa shape index (κ2) is 21.9. The zero-order chi connectivity index (χ0) is 54.4. The smallest absolute Gasteiger partial charge is 0.268 e. The van der Waals surface area contributed by atoms with E-state index in [1.54, 1.807) is 0 Å². The number of benzene rings is 11. The summed E-state index contributed by atoms with van der Waals surface area (Å²) in [5.41, 5.74) is 19.1. The Morgan fingerprint density at radius 1 is 0.415 bits per heavy atom. The molecule has 3 aromatic heterocycles. The van der Waals surface area contributed by atoms with E-state index in [0.717, 1.165) is 117 Å². The Hall–Kier alpha value is -9.45. The first-order valence-electron chi connectivity index (χ1n) is 27.5. The quantitative estimate of drug-likeness (QED) is 0.0694. The van der Waals surface area contributed by atoms with Crippen LogP contribution in [-0.2, 0) is 21.1 Å². The Bertz CT molecular complexity index is 4380.